The predicted molar refractivity (Wildman–Crippen MR) is 180 cm³/mol. The van der Waals surface area contributed by atoms with Crippen LogP contribution >= 0.6 is 0 Å². The van der Waals surface area contributed by atoms with Gasteiger partial charge in [0, 0.05) is 0 Å². The molecule has 0 bridgehead atoms. The first-order valence-corrected chi connectivity index (χ1v) is 15.1. The van der Waals surface area contributed by atoms with Crippen molar-refractivity contribution in [1.82, 2.24) is 0 Å². The Kier molecular flexibility index (Phi) is 5.81. The zero-order valence-electron chi connectivity index (χ0n) is 25.0. The molecule has 1 aliphatic carbocycles. The summed E-state index contributed by atoms with van der Waals surface area (Å²) in [6.07, 6.45) is 0. The van der Waals surface area contributed by atoms with E-state index < -0.39 is 18.3 Å². The van der Waals surface area contributed by atoms with Gasteiger partial charge in [0.1, 0.15) is 0 Å². The van der Waals surface area contributed by atoms with Gasteiger partial charge in [0.05, 0.1) is 11.2 Å². The molecule has 0 radical (unpaired) electrons. The molecule has 1 fully saturated rings. The van der Waals surface area contributed by atoms with Crippen LogP contribution in [-0.2, 0) is 9.31 Å². The molecule has 208 valence electrons. The molecule has 2 aliphatic rings. The Morgan fingerprint density at radius 1 is 0.419 bits per heavy atom. The second kappa shape index (κ2) is 9.54. The van der Waals surface area contributed by atoms with Crippen LogP contribution in [0.2, 0.25) is 0 Å². The molecule has 3 heteroatoms. The van der Waals surface area contributed by atoms with Crippen LogP contribution in [0.1, 0.15) is 27.7 Å². The van der Waals surface area contributed by atoms with E-state index in [1.807, 2.05) is 0 Å². The monoisotopic (exact) mass is 556 g/mol. The van der Waals surface area contributed by atoms with Gasteiger partial charge in [-0.3, -0.25) is 0 Å². The van der Waals surface area contributed by atoms with Crippen molar-refractivity contribution in [2.45, 2.75) is 38.9 Å². The zero-order valence-corrected chi connectivity index (χ0v) is 25.0. The molecule has 1 aliphatic heterocycles. The van der Waals surface area contributed by atoms with E-state index in [9.17, 15) is 0 Å². The standard InChI is InChI=1S/C40H33BO2/c1-39(2)40(3,4)43-41(42-39)35-25-24-34-36-32(35)20-13-21-33(36)37-29(27-16-9-6-10-17-27)22-23-31(38(34)37)30-19-12-11-18-28(30)26-14-7-5-8-15-26/h5-25H,1-4H3. The summed E-state index contributed by atoms with van der Waals surface area (Å²) in [5, 5.41) is 2.46. The maximum absolute atomic E-state index is 6.56. The molecule has 43 heavy (non-hydrogen) atoms. The lowest BCUT2D eigenvalue weighted by atomic mass is 9.75. The predicted octanol–water partition coefficient (Wildman–Crippen LogP) is 9.79. The number of hydrogen-bond donors (Lipinski definition) is 0. The van der Waals surface area contributed by atoms with Crippen molar-refractivity contribution in [3.63, 3.8) is 0 Å². The van der Waals surface area contributed by atoms with Gasteiger partial charge in [0.2, 0.25) is 0 Å². The summed E-state index contributed by atoms with van der Waals surface area (Å²) in [4.78, 5) is 0. The Balaban J connectivity index is 1.41. The molecule has 1 saturated heterocycles. The third kappa shape index (κ3) is 3.96. The molecule has 0 unspecified atom stereocenters. The van der Waals surface area contributed by atoms with Crippen LogP contribution in [0.4, 0.5) is 0 Å². The molecule has 6 aromatic carbocycles. The van der Waals surface area contributed by atoms with Crippen molar-refractivity contribution < 1.29 is 9.31 Å². The van der Waals surface area contributed by atoms with Crippen LogP contribution < -0.4 is 5.46 Å². The highest BCUT2D eigenvalue weighted by atomic mass is 16.7. The van der Waals surface area contributed by atoms with Crippen LogP contribution in [0.25, 0.3) is 66.4 Å². The Bertz CT molecular complexity index is 2010. The molecule has 6 aromatic rings. The molecule has 0 N–H and O–H groups in total. The number of rotatable bonds is 4. The Hall–Kier alpha value is -4.44. The first kappa shape index (κ1) is 26.2. The van der Waals surface area contributed by atoms with Crippen molar-refractivity contribution >= 4 is 23.4 Å². The average Bonchev–Trinajstić information content (AvgIpc) is 3.48. The van der Waals surface area contributed by atoms with Crippen LogP contribution in [0.3, 0.4) is 0 Å². The fourth-order valence-electron chi connectivity index (χ4n) is 6.85. The summed E-state index contributed by atoms with van der Waals surface area (Å²) in [6, 6.07) is 46.1. The van der Waals surface area contributed by atoms with Crippen LogP contribution in [-0.4, -0.2) is 18.3 Å². The minimum Gasteiger partial charge on any atom is -0.399 e. The highest BCUT2D eigenvalue weighted by Gasteiger charge is 2.52. The third-order valence-electron chi connectivity index (χ3n) is 9.71. The summed E-state index contributed by atoms with van der Waals surface area (Å²) in [6.45, 7) is 8.47. The van der Waals surface area contributed by atoms with E-state index in [2.05, 4.69) is 155 Å². The second-order valence-electron chi connectivity index (χ2n) is 12.7. The third-order valence-corrected chi connectivity index (χ3v) is 9.71. The summed E-state index contributed by atoms with van der Waals surface area (Å²) in [5.74, 6) is 0. The maximum Gasteiger partial charge on any atom is 0.495 e. The zero-order chi connectivity index (χ0) is 29.3. The van der Waals surface area contributed by atoms with Gasteiger partial charge in [0.25, 0.3) is 0 Å². The van der Waals surface area contributed by atoms with E-state index in [4.69, 9.17) is 9.31 Å². The largest absolute Gasteiger partial charge is 0.495 e. The van der Waals surface area contributed by atoms with Crippen LogP contribution in [0, 0.1) is 0 Å². The van der Waals surface area contributed by atoms with Crippen molar-refractivity contribution in [3.05, 3.63) is 127 Å². The lowest BCUT2D eigenvalue weighted by Crippen LogP contribution is -2.41. The summed E-state index contributed by atoms with van der Waals surface area (Å²) >= 11 is 0. The van der Waals surface area contributed by atoms with E-state index in [0.717, 1.165) is 5.46 Å². The minimum atomic E-state index is -0.426. The van der Waals surface area contributed by atoms with E-state index in [0.29, 0.717) is 0 Å². The first-order chi connectivity index (χ1) is 20.8. The molecule has 1 heterocycles. The van der Waals surface area contributed by atoms with Gasteiger partial charge < -0.3 is 9.31 Å². The number of benzene rings is 6. The van der Waals surface area contributed by atoms with Gasteiger partial charge >= 0.3 is 7.12 Å². The van der Waals surface area contributed by atoms with Gasteiger partial charge in [-0.15, -0.1) is 0 Å². The van der Waals surface area contributed by atoms with Crippen molar-refractivity contribution in [2.24, 2.45) is 0 Å². The van der Waals surface area contributed by atoms with E-state index >= 15 is 0 Å². The molecule has 0 saturated carbocycles. The van der Waals surface area contributed by atoms with E-state index in [1.165, 1.54) is 66.4 Å². The Labute approximate surface area is 254 Å². The quantitative estimate of drug-likeness (QED) is 0.201. The fraction of sp³-hybridized carbons (Fsp3) is 0.150. The van der Waals surface area contributed by atoms with Gasteiger partial charge in [-0.1, -0.05) is 127 Å². The van der Waals surface area contributed by atoms with Crippen molar-refractivity contribution in [1.29, 1.82) is 0 Å². The molecule has 0 spiro atoms. The second-order valence-corrected chi connectivity index (χ2v) is 12.7. The highest BCUT2D eigenvalue weighted by Crippen LogP contribution is 2.55. The SMILES string of the molecule is CC1(C)OB(c2ccc3c4c(cccc24)-c2c(-c4ccccc4)ccc(-c4ccccc4-c4ccccc4)c2-3)OC1(C)C. The Morgan fingerprint density at radius 3 is 1.58 bits per heavy atom. The van der Waals surface area contributed by atoms with Crippen molar-refractivity contribution in [3.8, 4) is 55.6 Å². The van der Waals surface area contributed by atoms with Gasteiger partial charge in [-0.2, -0.15) is 0 Å². The number of hydrogen-bond acceptors (Lipinski definition) is 2. The van der Waals surface area contributed by atoms with Crippen LogP contribution in [0.15, 0.2) is 127 Å². The minimum absolute atomic E-state index is 0.405. The molecule has 0 amide bonds. The Morgan fingerprint density at radius 2 is 0.907 bits per heavy atom. The van der Waals surface area contributed by atoms with E-state index in [1.54, 1.807) is 0 Å². The molecular weight excluding hydrogens is 523 g/mol. The number of fused-ring (bicyclic) bond motifs is 3. The van der Waals surface area contributed by atoms with E-state index in [-0.39, 0.29) is 0 Å². The summed E-state index contributed by atoms with van der Waals surface area (Å²) < 4.78 is 13.1. The molecule has 8 rings (SSSR count). The summed E-state index contributed by atoms with van der Waals surface area (Å²) in [5.41, 5.74) is 12.8. The van der Waals surface area contributed by atoms with Gasteiger partial charge in [-0.05, 0) is 99.6 Å². The lowest BCUT2D eigenvalue weighted by molar-refractivity contribution is 0.00578. The summed E-state index contributed by atoms with van der Waals surface area (Å²) in [7, 11) is -0.426. The molecule has 2 nitrogen and oxygen atoms in total. The topological polar surface area (TPSA) is 18.5 Å². The lowest BCUT2D eigenvalue weighted by Gasteiger charge is -2.32. The fourth-order valence-corrected chi connectivity index (χ4v) is 6.85. The normalized spacial score (nSPS) is 16.0. The molecular formula is C40H33BO2. The molecule has 0 atom stereocenters. The average molecular weight is 557 g/mol. The van der Waals surface area contributed by atoms with Gasteiger partial charge in [-0.25, -0.2) is 0 Å². The highest BCUT2D eigenvalue weighted by molar-refractivity contribution is 6.65. The maximum atomic E-state index is 6.56. The van der Waals surface area contributed by atoms with Crippen molar-refractivity contribution in [2.75, 3.05) is 0 Å². The smallest absolute Gasteiger partial charge is 0.399 e. The van der Waals surface area contributed by atoms with Gasteiger partial charge in [0.15, 0.2) is 0 Å². The van der Waals surface area contributed by atoms with Crippen LogP contribution in [0.5, 0.6) is 0 Å². The first-order valence-electron chi connectivity index (χ1n) is 15.1. The molecule has 0 aromatic heterocycles.